The summed E-state index contributed by atoms with van der Waals surface area (Å²) in [5.74, 6) is 0.397. The Morgan fingerprint density at radius 2 is 1.77 bits per heavy atom. The van der Waals surface area contributed by atoms with E-state index in [1.807, 2.05) is 53.4 Å². The standard InChI is InChI=1S/C16H13ClN4O/c17-12-7-8-18-15(11-12)20-16(22)19-13-3-5-14(6-4-13)21-9-1-2-10-21/h1-11H,(H2,18,19,20,22). The highest BCUT2D eigenvalue weighted by molar-refractivity contribution is 6.30. The minimum Gasteiger partial charge on any atom is -0.324 e. The van der Waals surface area contributed by atoms with E-state index in [0.717, 1.165) is 5.69 Å². The molecule has 5 nitrogen and oxygen atoms in total. The lowest BCUT2D eigenvalue weighted by Gasteiger charge is -2.08. The largest absolute Gasteiger partial charge is 0.324 e. The Morgan fingerprint density at radius 1 is 1.05 bits per heavy atom. The van der Waals surface area contributed by atoms with Crippen LogP contribution in [-0.2, 0) is 0 Å². The number of aromatic nitrogens is 2. The Bertz CT molecular complexity index is 769. The zero-order valence-electron chi connectivity index (χ0n) is 11.5. The molecule has 2 amide bonds. The molecule has 0 aliphatic heterocycles. The van der Waals surface area contributed by atoms with Crippen LogP contribution in [0.2, 0.25) is 5.02 Å². The summed E-state index contributed by atoms with van der Waals surface area (Å²) in [4.78, 5) is 15.9. The van der Waals surface area contributed by atoms with Crippen molar-refractivity contribution in [2.45, 2.75) is 0 Å². The van der Waals surface area contributed by atoms with Crippen LogP contribution in [0, 0.1) is 0 Å². The van der Waals surface area contributed by atoms with Crippen LogP contribution >= 0.6 is 11.6 Å². The van der Waals surface area contributed by atoms with Crippen molar-refractivity contribution in [1.29, 1.82) is 0 Å². The highest BCUT2D eigenvalue weighted by Gasteiger charge is 2.04. The number of anilines is 2. The Balaban J connectivity index is 1.64. The molecule has 2 aromatic heterocycles. The van der Waals surface area contributed by atoms with Crippen LogP contribution in [0.25, 0.3) is 5.69 Å². The topological polar surface area (TPSA) is 59.0 Å². The molecule has 0 atom stereocenters. The maximum absolute atomic E-state index is 11.9. The van der Waals surface area contributed by atoms with E-state index in [2.05, 4.69) is 15.6 Å². The molecule has 3 aromatic rings. The summed E-state index contributed by atoms with van der Waals surface area (Å²) in [7, 11) is 0. The van der Waals surface area contributed by atoms with Gasteiger partial charge in [-0.1, -0.05) is 11.6 Å². The number of halogens is 1. The van der Waals surface area contributed by atoms with Crippen molar-refractivity contribution in [3.63, 3.8) is 0 Å². The first-order valence-corrected chi connectivity index (χ1v) is 7.01. The average Bonchev–Trinajstić information content (AvgIpc) is 3.02. The minimum atomic E-state index is -0.372. The molecule has 2 N–H and O–H groups in total. The van der Waals surface area contributed by atoms with Crippen LogP contribution in [0.4, 0.5) is 16.3 Å². The second-order valence-electron chi connectivity index (χ2n) is 4.58. The average molecular weight is 313 g/mol. The number of nitrogens with one attached hydrogen (secondary N) is 2. The molecule has 0 unspecified atom stereocenters. The highest BCUT2D eigenvalue weighted by Crippen LogP contribution is 2.15. The number of carbonyl (C=O) groups is 1. The van der Waals surface area contributed by atoms with E-state index in [4.69, 9.17) is 11.6 Å². The van der Waals surface area contributed by atoms with E-state index in [9.17, 15) is 4.79 Å². The van der Waals surface area contributed by atoms with E-state index in [0.29, 0.717) is 16.5 Å². The molecular formula is C16H13ClN4O. The van der Waals surface area contributed by atoms with Gasteiger partial charge in [0.25, 0.3) is 0 Å². The van der Waals surface area contributed by atoms with Gasteiger partial charge in [0, 0.05) is 35.0 Å². The quantitative estimate of drug-likeness (QED) is 0.762. The first kappa shape index (κ1) is 14.2. The first-order valence-electron chi connectivity index (χ1n) is 6.64. The minimum absolute atomic E-state index is 0.372. The van der Waals surface area contributed by atoms with Gasteiger partial charge in [0.2, 0.25) is 0 Å². The number of hydrogen-bond donors (Lipinski definition) is 2. The van der Waals surface area contributed by atoms with Crippen molar-refractivity contribution in [1.82, 2.24) is 9.55 Å². The van der Waals surface area contributed by atoms with Crippen molar-refractivity contribution in [3.05, 3.63) is 72.1 Å². The first-order chi connectivity index (χ1) is 10.7. The number of amides is 2. The summed E-state index contributed by atoms with van der Waals surface area (Å²) in [6, 6.07) is 14.3. The van der Waals surface area contributed by atoms with Gasteiger partial charge in [-0.3, -0.25) is 5.32 Å². The molecule has 0 saturated heterocycles. The molecule has 2 heterocycles. The molecule has 3 rings (SSSR count). The Kier molecular flexibility index (Phi) is 4.07. The van der Waals surface area contributed by atoms with Crippen LogP contribution in [0.5, 0.6) is 0 Å². The smallest absolute Gasteiger partial charge is 0.324 e. The number of urea groups is 1. The SMILES string of the molecule is O=C(Nc1ccc(-n2cccc2)cc1)Nc1cc(Cl)ccn1. The summed E-state index contributed by atoms with van der Waals surface area (Å²) < 4.78 is 1.99. The summed E-state index contributed by atoms with van der Waals surface area (Å²) in [6.45, 7) is 0. The number of carbonyl (C=O) groups excluding carboxylic acids is 1. The van der Waals surface area contributed by atoms with Gasteiger partial charge in [-0.2, -0.15) is 0 Å². The van der Waals surface area contributed by atoms with Gasteiger partial charge in [0.05, 0.1) is 0 Å². The molecule has 0 spiro atoms. The van der Waals surface area contributed by atoms with Crippen LogP contribution in [-0.4, -0.2) is 15.6 Å². The lowest BCUT2D eigenvalue weighted by Crippen LogP contribution is -2.20. The highest BCUT2D eigenvalue weighted by atomic mass is 35.5. The van der Waals surface area contributed by atoms with Crippen LogP contribution in [0.15, 0.2) is 67.1 Å². The molecule has 0 aliphatic carbocycles. The number of nitrogens with zero attached hydrogens (tertiary/aromatic N) is 2. The predicted octanol–water partition coefficient (Wildman–Crippen LogP) is 4.17. The van der Waals surface area contributed by atoms with E-state index in [-0.39, 0.29) is 6.03 Å². The van der Waals surface area contributed by atoms with Gasteiger partial charge in [-0.05, 0) is 48.5 Å². The second kappa shape index (κ2) is 6.32. The van der Waals surface area contributed by atoms with Gasteiger partial charge in [-0.15, -0.1) is 0 Å². The van der Waals surface area contributed by atoms with E-state index in [1.54, 1.807) is 12.1 Å². The second-order valence-corrected chi connectivity index (χ2v) is 5.01. The van der Waals surface area contributed by atoms with Crippen molar-refractivity contribution in [2.75, 3.05) is 10.6 Å². The molecule has 110 valence electrons. The molecule has 1 aromatic carbocycles. The Morgan fingerprint density at radius 3 is 2.45 bits per heavy atom. The molecule has 6 heteroatoms. The van der Waals surface area contributed by atoms with Crippen LogP contribution in [0.1, 0.15) is 0 Å². The molecule has 0 radical (unpaired) electrons. The lowest BCUT2D eigenvalue weighted by molar-refractivity contribution is 0.262. The number of benzene rings is 1. The van der Waals surface area contributed by atoms with E-state index < -0.39 is 0 Å². The predicted molar refractivity (Wildman–Crippen MR) is 87.7 cm³/mol. The molecule has 0 aliphatic rings. The zero-order valence-corrected chi connectivity index (χ0v) is 12.3. The third-order valence-corrected chi connectivity index (χ3v) is 3.23. The van der Waals surface area contributed by atoms with Crippen molar-refractivity contribution >= 4 is 29.1 Å². The fourth-order valence-electron chi connectivity index (χ4n) is 1.98. The van der Waals surface area contributed by atoms with Crippen LogP contribution in [0.3, 0.4) is 0 Å². The number of pyridine rings is 1. The van der Waals surface area contributed by atoms with E-state index in [1.165, 1.54) is 6.20 Å². The van der Waals surface area contributed by atoms with Gasteiger partial charge in [0.1, 0.15) is 5.82 Å². The maximum Gasteiger partial charge on any atom is 0.324 e. The summed E-state index contributed by atoms with van der Waals surface area (Å²) in [6.07, 6.45) is 5.45. The van der Waals surface area contributed by atoms with Gasteiger partial charge in [-0.25, -0.2) is 9.78 Å². The molecule has 0 bridgehead atoms. The summed E-state index contributed by atoms with van der Waals surface area (Å²) in [5, 5.41) is 5.88. The number of hydrogen-bond acceptors (Lipinski definition) is 2. The Labute approximate surface area is 132 Å². The van der Waals surface area contributed by atoms with Crippen molar-refractivity contribution < 1.29 is 4.79 Å². The normalized spacial score (nSPS) is 10.2. The molecule has 0 fully saturated rings. The monoisotopic (exact) mass is 312 g/mol. The van der Waals surface area contributed by atoms with Crippen molar-refractivity contribution in [2.24, 2.45) is 0 Å². The van der Waals surface area contributed by atoms with Gasteiger partial charge < -0.3 is 9.88 Å². The zero-order chi connectivity index (χ0) is 15.4. The fourth-order valence-corrected chi connectivity index (χ4v) is 2.14. The maximum atomic E-state index is 11.9. The van der Waals surface area contributed by atoms with Crippen molar-refractivity contribution in [3.8, 4) is 5.69 Å². The Hall–Kier alpha value is -2.79. The van der Waals surface area contributed by atoms with Crippen LogP contribution < -0.4 is 10.6 Å². The third kappa shape index (κ3) is 3.45. The fraction of sp³-hybridized carbons (Fsp3) is 0. The molecule has 22 heavy (non-hydrogen) atoms. The molecule has 0 saturated carbocycles. The van der Waals surface area contributed by atoms with E-state index >= 15 is 0 Å². The lowest BCUT2D eigenvalue weighted by atomic mass is 10.3. The third-order valence-electron chi connectivity index (χ3n) is 2.99. The summed E-state index contributed by atoms with van der Waals surface area (Å²) >= 11 is 5.84. The van der Waals surface area contributed by atoms with Gasteiger partial charge >= 0.3 is 6.03 Å². The summed E-state index contributed by atoms with van der Waals surface area (Å²) in [5.41, 5.74) is 1.71. The number of rotatable bonds is 3. The van der Waals surface area contributed by atoms with Gasteiger partial charge in [0.15, 0.2) is 0 Å². The molecular weight excluding hydrogens is 300 g/mol.